The van der Waals surface area contributed by atoms with E-state index in [2.05, 4.69) is 22.2 Å². The van der Waals surface area contributed by atoms with Crippen LogP contribution in [0.4, 0.5) is 10.5 Å². The Labute approximate surface area is 125 Å². The Kier molecular flexibility index (Phi) is 4.87. The number of anilines is 1. The van der Waals surface area contributed by atoms with Crippen molar-refractivity contribution in [1.29, 1.82) is 0 Å². The van der Waals surface area contributed by atoms with Crippen LogP contribution in [-0.2, 0) is 13.0 Å². The van der Waals surface area contributed by atoms with Gasteiger partial charge in [-0.3, -0.25) is 9.97 Å². The number of pyridine rings is 2. The van der Waals surface area contributed by atoms with E-state index < -0.39 is 0 Å². The highest BCUT2D eigenvalue weighted by Gasteiger charge is 2.10. The first kappa shape index (κ1) is 15.0. The number of nitrogens with zero attached hydrogens (tertiary/aromatic N) is 3. The first-order valence-electron chi connectivity index (χ1n) is 6.96. The number of amides is 2. The Morgan fingerprint density at radius 1 is 1.29 bits per heavy atom. The van der Waals surface area contributed by atoms with Crippen molar-refractivity contribution in [3.63, 3.8) is 0 Å². The Morgan fingerprint density at radius 2 is 2.10 bits per heavy atom. The van der Waals surface area contributed by atoms with Crippen LogP contribution in [0.15, 0.2) is 36.8 Å². The molecule has 0 saturated heterocycles. The zero-order valence-electron chi connectivity index (χ0n) is 12.6. The predicted molar refractivity (Wildman–Crippen MR) is 83.1 cm³/mol. The molecule has 0 spiro atoms. The highest BCUT2D eigenvalue weighted by molar-refractivity contribution is 5.88. The number of aromatic nitrogens is 2. The van der Waals surface area contributed by atoms with Crippen molar-refractivity contribution in [2.45, 2.75) is 26.8 Å². The van der Waals surface area contributed by atoms with Gasteiger partial charge in [-0.25, -0.2) is 4.79 Å². The van der Waals surface area contributed by atoms with Gasteiger partial charge in [0.2, 0.25) is 0 Å². The average Bonchev–Trinajstić information content (AvgIpc) is 2.48. The van der Waals surface area contributed by atoms with Gasteiger partial charge in [0.1, 0.15) is 0 Å². The minimum Gasteiger partial charge on any atom is -0.322 e. The zero-order chi connectivity index (χ0) is 15.2. The monoisotopic (exact) mass is 284 g/mol. The predicted octanol–water partition coefficient (Wildman–Crippen LogP) is 3.01. The van der Waals surface area contributed by atoms with E-state index in [1.165, 1.54) is 5.56 Å². The fourth-order valence-electron chi connectivity index (χ4n) is 1.91. The van der Waals surface area contributed by atoms with E-state index in [9.17, 15) is 4.79 Å². The highest BCUT2D eigenvalue weighted by Crippen LogP contribution is 2.09. The van der Waals surface area contributed by atoms with Crippen LogP contribution >= 0.6 is 0 Å². The molecule has 0 radical (unpaired) electrons. The second kappa shape index (κ2) is 6.83. The molecule has 2 heterocycles. The van der Waals surface area contributed by atoms with Gasteiger partial charge in [0.05, 0.1) is 24.1 Å². The van der Waals surface area contributed by atoms with Crippen molar-refractivity contribution in [1.82, 2.24) is 14.9 Å². The molecule has 21 heavy (non-hydrogen) atoms. The van der Waals surface area contributed by atoms with Crippen LogP contribution in [0.5, 0.6) is 0 Å². The van der Waals surface area contributed by atoms with Gasteiger partial charge in [-0.1, -0.05) is 13.0 Å². The van der Waals surface area contributed by atoms with Crippen LogP contribution in [0.3, 0.4) is 0 Å². The minimum absolute atomic E-state index is 0.177. The Hall–Kier alpha value is -2.43. The molecule has 2 amide bonds. The molecular weight excluding hydrogens is 264 g/mol. The van der Waals surface area contributed by atoms with Gasteiger partial charge in [-0.2, -0.15) is 0 Å². The second-order valence-corrected chi connectivity index (χ2v) is 5.05. The second-order valence-electron chi connectivity index (χ2n) is 5.05. The van der Waals surface area contributed by atoms with Crippen molar-refractivity contribution >= 4 is 11.7 Å². The van der Waals surface area contributed by atoms with Crippen LogP contribution in [0.25, 0.3) is 0 Å². The number of urea groups is 1. The molecule has 0 aliphatic heterocycles. The third kappa shape index (κ3) is 4.27. The summed E-state index contributed by atoms with van der Waals surface area (Å²) in [5, 5.41) is 2.82. The van der Waals surface area contributed by atoms with Gasteiger partial charge >= 0.3 is 6.03 Å². The summed E-state index contributed by atoms with van der Waals surface area (Å²) in [5.41, 5.74) is 3.76. The number of nitrogens with one attached hydrogen (secondary N) is 1. The summed E-state index contributed by atoms with van der Waals surface area (Å²) < 4.78 is 0. The van der Waals surface area contributed by atoms with E-state index in [0.29, 0.717) is 12.2 Å². The Balaban J connectivity index is 1.95. The van der Waals surface area contributed by atoms with Crippen molar-refractivity contribution in [3.8, 4) is 0 Å². The lowest BCUT2D eigenvalue weighted by molar-refractivity contribution is 0.220. The smallest absolute Gasteiger partial charge is 0.321 e. The van der Waals surface area contributed by atoms with Gasteiger partial charge in [-0.05, 0) is 36.6 Å². The van der Waals surface area contributed by atoms with E-state index in [1.54, 1.807) is 24.3 Å². The summed E-state index contributed by atoms with van der Waals surface area (Å²) in [7, 11) is 1.74. The van der Waals surface area contributed by atoms with E-state index >= 15 is 0 Å². The van der Waals surface area contributed by atoms with Crippen molar-refractivity contribution in [3.05, 3.63) is 53.6 Å². The van der Waals surface area contributed by atoms with Crippen molar-refractivity contribution in [2.24, 2.45) is 0 Å². The molecule has 0 fully saturated rings. The first-order chi connectivity index (χ1) is 10.1. The molecule has 0 aromatic carbocycles. The number of aryl methyl sites for hydroxylation is 2. The molecule has 0 unspecified atom stereocenters. The van der Waals surface area contributed by atoms with Gasteiger partial charge in [0.25, 0.3) is 0 Å². The number of rotatable bonds is 4. The van der Waals surface area contributed by atoms with E-state index in [4.69, 9.17) is 0 Å². The van der Waals surface area contributed by atoms with E-state index in [1.807, 2.05) is 31.3 Å². The summed E-state index contributed by atoms with van der Waals surface area (Å²) in [6.45, 7) is 4.49. The van der Waals surface area contributed by atoms with Crippen LogP contribution in [0.1, 0.15) is 23.7 Å². The van der Waals surface area contributed by atoms with Gasteiger partial charge in [0, 0.05) is 19.4 Å². The van der Waals surface area contributed by atoms with Crippen LogP contribution in [0.2, 0.25) is 0 Å². The Morgan fingerprint density at radius 3 is 2.71 bits per heavy atom. The molecule has 0 aliphatic rings. The average molecular weight is 284 g/mol. The maximum Gasteiger partial charge on any atom is 0.321 e. The molecule has 2 aromatic heterocycles. The summed E-state index contributed by atoms with van der Waals surface area (Å²) >= 11 is 0. The molecule has 0 saturated carbocycles. The normalized spacial score (nSPS) is 10.2. The van der Waals surface area contributed by atoms with Crippen LogP contribution < -0.4 is 5.32 Å². The summed E-state index contributed by atoms with van der Waals surface area (Å²) in [6.07, 6.45) is 6.20. The summed E-state index contributed by atoms with van der Waals surface area (Å²) in [5.74, 6) is 0. The van der Waals surface area contributed by atoms with E-state index in [0.717, 1.165) is 17.7 Å². The maximum absolute atomic E-state index is 12.1. The fourth-order valence-corrected chi connectivity index (χ4v) is 1.91. The molecule has 110 valence electrons. The van der Waals surface area contributed by atoms with Crippen LogP contribution in [-0.4, -0.2) is 27.9 Å². The molecule has 0 atom stereocenters. The molecule has 0 bridgehead atoms. The molecule has 2 rings (SSSR count). The standard InChI is InChI=1S/C16H20N4O/c1-4-13-5-6-14(18-9-13)11-20(3)16(21)19-15-7-12(2)8-17-10-15/h5-10H,4,11H2,1-3H3,(H,19,21). The Bertz CT molecular complexity index is 610. The van der Waals surface area contributed by atoms with Crippen molar-refractivity contribution in [2.75, 3.05) is 12.4 Å². The van der Waals surface area contributed by atoms with Gasteiger partial charge in [-0.15, -0.1) is 0 Å². The number of hydrogen-bond acceptors (Lipinski definition) is 3. The maximum atomic E-state index is 12.1. The van der Waals surface area contributed by atoms with Gasteiger partial charge < -0.3 is 10.2 Å². The summed E-state index contributed by atoms with van der Waals surface area (Å²) in [4.78, 5) is 22.1. The molecule has 5 heteroatoms. The number of carbonyl (C=O) groups is 1. The molecular formula is C16H20N4O. The highest BCUT2D eigenvalue weighted by atomic mass is 16.2. The van der Waals surface area contributed by atoms with Crippen LogP contribution in [0, 0.1) is 6.92 Å². The lowest BCUT2D eigenvalue weighted by atomic mass is 10.2. The lowest BCUT2D eigenvalue weighted by Gasteiger charge is -2.17. The lowest BCUT2D eigenvalue weighted by Crippen LogP contribution is -2.31. The first-order valence-corrected chi connectivity index (χ1v) is 6.96. The molecule has 2 aromatic rings. The number of carbonyl (C=O) groups excluding carboxylic acids is 1. The van der Waals surface area contributed by atoms with E-state index in [-0.39, 0.29) is 6.03 Å². The molecule has 0 aliphatic carbocycles. The quantitative estimate of drug-likeness (QED) is 0.939. The molecule has 5 nitrogen and oxygen atoms in total. The molecule has 1 N–H and O–H groups in total. The largest absolute Gasteiger partial charge is 0.322 e. The summed E-state index contributed by atoms with van der Waals surface area (Å²) in [6, 6.07) is 5.70. The zero-order valence-corrected chi connectivity index (χ0v) is 12.6. The topological polar surface area (TPSA) is 58.1 Å². The third-order valence-corrected chi connectivity index (χ3v) is 3.17. The third-order valence-electron chi connectivity index (χ3n) is 3.17. The fraction of sp³-hybridized carbons (Fsp3) is 0.312. The van der Waals surface area contributed by atoms with Crippen molar-refractivity contribution < 1.29 is 4.79 Å². The minimum atomic E-state index is -0.177. The SMILES string of the molecule is CCc1ccc(CN(C)C(=O)Nc2cncc(C)c2)nc1. The van der Waals surface area contributed by atoms with Gasteiger partial charge in [0.15, 0.2) is 0 Å². The number of hydrogen-bond donors (Lipinski definition) is 1.